The number of benzene rings is 1. The number of aliphatic hydroxyl groups is 1. The summed E-state index contributed by atoms with van der Waals surface area (Å²) in [5, 5.41) is 17.1. The van der Waals surface area contributed by atoms with Gasteiger partial charge in [0.15, 0.2) is 11.4 Å². The zero-order valence-electron chi connectivity index (χ0n) is 15.3. The second kappa shape index (κ2) is 7.02. The molecule has 0 aliphatic carbocycles. The van der Waals surface area contributed by atoms with Gasteiger partial charge in [0, 0.05) is 31.5 Å². The number of nitrogens with zero attached hydrogens (tertiary/aromatic N) is 3. The van der Waals surface area contributed by atoms with Crippen molar-refractivity contribution in [3.05, 3.63) is 41.5 Å². The summed E-state index contributed by atoms with van der Waals surface area (Å²) in [6.45, 7) is 3.74. The molecule has 3 rings (SSSR count). The standard InChI is InChI=1S/C17H22N4O5S/c1-11(2)14-19-16(26-20-14)17(23)8-9-21(10-17)27(24,25)13-6-4-12(5-7-13)15(22)18-3/h4-7,11,23H,8-10H2,1-3H3,(H,18,22)/t17-/m0/s1. The smallest absolute Gasteiger partial charge is 0.260 e. The van der Waals surface area contributed by atoms with Crippen molar-refractivity contribution in [2.45, 2.75) is 36.7 Å². The molecule has 0 saturated carbocycles. The first-order valence-electron chi connectivity index (χ1n) is 8.56. The molecule has 146 valence electrons. The van der Waals surface area contributed by atoms with E-state index in [-0.39, 0.29) is 42.1 Å². The molecule has 1 aromatic heterocycles. The molecule has 0 radical (unpaired) electrons. The minimum Gasteiger partial charge on any atom is -0.379 e. The number of β-amino-alcohol motifs (C(OH)–C–C–N with tert-alkyl or cyclic N) is 1. The van der Waals surface area contributed by atoms with Crippen LogP contribution in [0.3, 0.4) is 0 Å². The van der Waals surface area contributed by atoms with Crippen molar-refractivity contribution in [3.8, 4) is 0 Å². The molecule has 9 nitrogen and oxygen atoms in total. The molecule has 10 heteroatoms. The number of carbonyl (C=O) groups is 1. The molecule has 27 heavy (non-hydrogen) atoms. The summed E-state index contributed by atoms with van der Waals surface area (Å²) in [5.74, 6) is 0.224. The minimum atomic E-state index is -3.82. The number of aromatic nitrogens is 2. The number of amides is 1. The lowest BCUT2D eigenvalue weighted by molar-refractivity contribution is 0.0194. The normalized spacial score (nSPS) is 20.9. The van der Waals surface area contributed by atoms with Crippen molar-refractivity contribution in [1.82, 2.24) is 19.8 Å². The number of nitrogens with one attached hydrogen (secondary N) is 1. The summed E-state index contributed by atoms with van der Waals surface area (Å²) in [6, 6.07) is 5.64. The summed E-state index contributed by atoms with van der Waals surface area (Å²) in [4.78, 5) is 15.8. The molecule has 1 amide bonds. The lowest BCUT2D eigenvalue weighted by atomic mass is 10.0. The van der Waals surface area contributed by atoms with E-state index >= 15 is 0 Å². The fourth-order valence-corrected chi connectivity index (χ4v) is 4.36. The Kier molecular flexibility index (Phi) is 5.06. The summed E-state index contributed by atoms with van der Waals surface area (Å²) >= 11 is 0. The average molecular weight is 394 g/mol. The van der Waals surface area contributed by atoms with Gasteiger partial charge in [-0.25, -0.2) is 8.42 Å². The highest BCUT2D eigenvalue weighted by Gasteiger charge is 2.46. The van der Waals surface area contributed by atoms with E-state index in [9.17, 15) is 18.3 Å². The second-order valence-corrected chi connectivity index (χ2v) is 8.77. The fraction of sp³-hybridized carbons (Fsp3) is 0.471. The first-order valence-corrected chi connectivity index (χ1v) is 10.00. The molecule has 1 saturated heterocycles. The predicted octanol–water partition coefficient (Wildman–Crippen LogP) is 0.835. The van der Waals surface area contributed by atoms with E-state index < -0.39 is 15.6 Å². The SMILES string of the molecule is CNC(=O)c1ccc(S(=O)(=O)N2CC[C@@](O)(c3nc(C(C)C)no3)C2)cc1. The lowest BCUT2D eigenvalue weighted by Gasteiger charge is -2.19. The van der Waals surface area contributed by atoms with Crippen molar-refractivity contribution in [2.75, 3.05) is 20.1 Å². The summed E-state index contributed by atoms with van der Waals surface area (Å²) in [5.41, 5.74) is -1.16. The number of hydrogen-bond donors (Lipinski definition) is 2. The Bertz CT molecular complexity index is 938. The van der Waals surface area contributed by atoms with Crippen LogP contribution in [0.4, 0.5) is 0 Å². The first-order chi connectivity index (χ1) is 12.7. The highest BCUT2D eigenvalue weighted by Crippen LogP contribution is 2.34. The summed E-state index contributed by atoms with van der Waals surface area (Å²) < 4.78 is 32.1. The van der Waals surface area contributed by atoms with Gasteiger partial charge < -0.3 is 14.9 Å². The van der Waals surface area contributed by atoms with Crippen LogP contribution in [0, 0.1) is 0 Å². The van der Waals surface area contributed by atoms with E-state index in [0.29, 0.717) is 11.4 Å². The highest BCUT2D eigenvalue weighted by atomic mass is 32.2. The summed E-state index contributed by atoms with van der Waals surface area (Å²) in [7, 11) is -2.32. The van der Waals surface area contributed by atoms with Crippen LogP contribution in [0.25, 0.3) is 0 Å². The first kappa shape index (κ1) is 19.5. The van der Waals surface area contributed by atoms with Gasteiger partial charge in [-0.3, -0.25) is 4.79 Å². The van der Waals surface area contributed by atoms with Crippen LogP contribution >= 0.6 is 0 Å². The number of hydrogen-bond acceptors (Lipinski definition) is 7. The molecule has 2 heterocycles. The Morgan fingerprint density at radius 1 is 1.33 bits per heavy atom. The van der Waals surface area contributed by atoms with Crippen LogP contribution < -0.4 is 5.32 Å². The average Bonchev–Trinajstić information content (AvgIpc) is 3.29. The molecule has 0 bridgehead atoms. The largest absolute Gasteiger partial charge is 0.379 e. The molecular weight excluding hydrogens is 372 g/mol. The van der Waals surface area contributed by atoms with Crippen LogP contribution in [-0.4, -0.2) is 54.0 Å². The lowest BCUT2D eigenvalue weighted by Crippen LogP contribution is -2.34. The van der Waals surface area contributed by atoms with E-state index in [4.69, 9.17) is 4.52 Å². The molecule has 1 fully saturated rings. The summed E-state index contributed by atoms with van der Waals surface area (Å²) in [6.07, 6.45) is 0.155. The third-order valence-corrected chi connectivity index (χ3v) is 6.41. The van der Waals surface area contributed by atoms with Crippen molar-refractivity contribution < 1.29 is 22.8 Å². The van der Waals surface area contributed by atoms with E-state index in [0.717, 1.165) is 0 Å². The quantitative estimate of drug-likeness (QED) is 0.769. The van der Waals surface area contributed by atoms with Crippen LogP contribution in [0.5, 0.6) is 0 Å². The Balaban J connectivity index is 1.81. The maximum absolute atomic E-state index is 12.9. The predicted molar refractivity (Wildman–Crippen MR) is 95.5 cm³/mol. The van der Waals surface area contributed by atoms with Crippen molar-refractivity contribution in [2.24, 2.45) is 0 Å². The molecule has 1 aliphatic heterocycles. The van der Waals surface area contributed by atoms with E-state index in [2.05, 4.69) is 15.5 Å². The third kappa shape index (κ3) is 3.60. The zero-order valence-corrected chi connectivity index (χ0v) is 16.2. The monoisotopic (exact) mass is 394 g/mol. The van der Waals surface area contributed by atoms with Gasteiger partial charge in [-0.1, -0.05) is 19.0 Å². The van der Waals surface area contributed by atoms with Gasteiger partial charge >= 0.3 is 0 Å². The Morgan fingerprint density at radius 2 is 2.00 bits per heavy atom. The topological polar surface area (TPSA) is 126 Å². The molecule has 2 aromatic rings. The van der Waals surface area contributed by atoms with Gasteiger partial charge in [-0.2, -0.15) is 9.29 Å². The van der Waals surface area contributed by atoms with Crippen LogP contribution in [0.15, 0.2) is 33.7 Å². The maximum Gasteiger partial charge on any atom is 0.260 e. The minimum absolute atomic E-state index is 0.0267. The Hall–Kier alpha value is -2.30. The Morgan fingerprint density at radius 3 is 2.56 bits per heavy atom. The van der Waals surface area contributed by atoms with Crippen molar-refractivity contribution >= 4 is 15.9 Å². The van der Waals surface area contributed by atoms with Crippen molar-refractivity contribution in [3.63, 3.8) is 0 Å². The molecule has 1 atom stereocenters. The zero-order chi connectivity index (χ0) is 19.8. The van der Waals surface area contributed by atoms with Crippen LogP contribution in [0.2, 0.25) is 0 Å². The van der Waals surface area contributed by atoms with E-state index in [1.165, 1.54) is 35.6 Å². The van der Waals surface area contributed by atoms with Gasteiger partial charge in [-0.15, -0.1) is 0 Å². The molecule has 2 N–H and O–H groups in total. The highest BCUT2D eigenvalue weighted by molar-refractivity contribution is 7.89. The van der Waals surface area contributed by atoms with E-state index in [1.54, 1.807) is 0 Å². The van der Waals surface area contributed by atoms with Crippen LogP contribution in [-0.2, 0) is 15.6 Å². The molecule has 1 aromatic carbocycles. The molecular formula is C17H22N4O5S. The van der Waals surface area contributed by atoms with Gasteiger partial charge in [-0.05, 0) is 24.3 Å². The van der Waals surface area contributed by atoms with Gasteiger partial charge in [0.2, 0.25) is 10.0 Å². The maximum atomic E-state index is 12.9. The molecule has 1 aliphatic rings. The second-order valence-electron chi connectivity index (χ2n) is 6.84. The third-order valence-electron chi connectivity index (χ3n) is 4.55. The molecule has 0 unspecified atom stereocenters. The molecule has 0 spiro atoms. The van der Waals surface area contributed by atoms with Gasteiger partial charge in [0.05, 0.1) is 11.4 Å². The number of carbonyl (C=O) groups excluding carboxylic acids is 1. The number of sulfonamides is 1. The fourth-order valence-electron chi connectivity index (χ4n) is 2.87. The van der Waals surface area contributed by atoms with E-state index in [1.807, 2.05) is 13.8 Å². The van der Waals surface area contributed by atoms with Crippen molar-refractivity contribution in [1.29, 1.82) is 0 Å². The van der Waals surface area contributed by atoms with Crippen LogP contribution in [0.1, 0.15) is 48.3 Å². The van der Waals surface area contributed by atoms with Gasteiger partial charge in [0.25, 0.3) is 11.8 Å². The Labute approximate surface area is 157 Å². The number of rotatable bonds is 5. The van der Waals surface area contributed by atoms with Gasteiger partial charge in [0.1, 0.15) is 0 Å².